The lowest BCUT2D eigenvalue weighted by Gasteiger charge is -2.44. The van der Waals surface area contributed by atoms with Crippen LogP contribution in [0.5, 0.6) is 0 Å². The number of hydrogen-bond acceptors (Lipinski definition) is 4. The molecule has 2 heterocycles. The molecular weight excluding hydrogens is 446 g/mol. The molecule has 0 amide bonds. The van der Waals surface area contributed by atoms with Crippen LogP contribution >= 0.6 is 0 Å². The lowest BCUT2D eigenvalue weighted by molar-refractivity contribution is -0.932. The number of methoxy groups -OCH3 is 1. The van der Waals surface area contributed by atoms with E-state index in [0.717, 1.165) is 23.7 Å². The Labute approximate surface area is 189 Å². The number of aliphatic hydroxyl groups is 1. The van der Waals surface area contributed by atoms with Crippen LogP contribution in [0.15, 0.2) is 60.7 Å². The van der Waals surface area contributed by atoms with Crippen molar-refractivity contribution in [2.24, 2.45) is 0 Å². The van der Waals surface area contributed by atoms with E-state index < -0.39 is 11.6 Å². The number of rotatable bonds is 5. The standard InChI is InChI=1S/C24H30NO4.BrH/c1-25(2)19-14-20(16-21(25)22(15-19)28-3)29-23(26)24(27,17-10-6-4-7-11-17)18-12-8-5-9-13-18;/h4-13,19-22,27H,14-16H2,1-3H3;1H/q+1;/p-1. The summed E-state index contributed by atoms with van der Waals surface area (Å²) in [5.41, 5.74) is -0.800. The Morgan fingerprint density at radius 1 is 0.967 bits per heavy atom. The first-order chi connectivity index (χ1) is 13.9. The summed E-state index contributed by atoms with van der Waals surface area (Å²) < 4.78 is 12.6. The number of carbonyl (C=O) groups excluding carboxylic acids is 1. The molecule has 2 aliphatic heterocycles. The molecule has 0 aromatic heterocycles. The van der Waals surface area contributed by atoms with Crippen LogP contribution in [0, 0.1) is 0 Å². The molecule has 1 N–H and O–H groups in total. The average Bonchev–Trinajstić information content (AvgIpc) is 2.87. The van der Waals surface area contributed by atoms with E-state index in [0.29, 0.717) is 17.2 Å². The number of hydrogen-bond donors (Lipinski definition) is 1. The number of fused-ring (bicyclic) bond motifs is 2. The highest BCUT2D eigenvalue weighted by Crippen LogP contribution is 2.43. The smallest absolute Gasteiger partial charge is 0.347 e. The minimum atomic E-state index is -1.83. The minimum Gasteiger partial charge on any atom is -1.00 e. The highest BCUT2D eigenvalue weighted by molar-refractivity contribution is 5.85. The van der Waals surface area contributed by atoms with Gasteiger partial charge in [-0.15, -0.1) is 0 Å². The van der Waals surface area contributed by atoms with E-state index in [-0.39, 0.29) is 35.2 Å². The van der Waals surface area contributed by atoms with E-state index in [9.17, 15) is 9.90 Å². The first kappa shape index (κ1) is 22.9. The van der Waals surface area contributed by atoms with Crippen molar-refractivity contribution < 1.29 is 40.8 Å². The van der Waals surface area contributed by atoms with Crippen molar-refractivity contribution in [3.63, 3.8) is 0 Å². The van der Waals surface area contributed by atoms with Gasteiger partial charge in [0.25, 0.3) is 0 Å². The normalized spacial score (nSPS) is 27.2. The van der Waals surface area contributed by atoms with E-state index in [1.807, 2.05) is 36.4 Å². The van der Waals surface area contributed by atoms with Crippen molar-refractivity contribution in [2.75, 3.05) is 21.2 Å². The Morgan fingerprint density at radius 3 is 2.00 bits per heavy atom. The van der Waals surface area contributed by atoms with Gasteiger partial charge in [-0.25, -0.2) is 4.79 Å². The van der Waals surface area contributed by atoms with Crippen LogP contribution in [0.25, 0.3) is 0 Å². The highest BCUT2D eigenvalue weighted by Gasteiger charge is 2.56. The summed E-state index contributed by atoms with van der Waals surface area (Å²) in [6.07, 6.45) is 2.47. The zero-order valence-electron chi connectivity index (χ0n) is 17.7. The average molecular weight is 476 g/mol. The molecule has 5 nitrogen and oxygen atoms in total. The number of nitrogens with zero attached hydrogens (tertiary/aromatic N) is 1. The maximum atomic E-state index is 13.4. The lowest BCUT2D eigenvalue weighted by Crippen LogP contribution is -3.00. The maximum Gasteiger partial charge on any atom is 0.347 e. The van der Waals surface area contributed by atoms with Crippen LogP contribution in [0.3, 0.4) is 0 Å². The van der Waals surface area contributed by atoms with Gasteiger partial charge in [0.15, 0.2) is 0 Å². The van der Waals surface area contributed by atoms with Crippen LogP contribution in [-0.2, 0) is 19.9 Å². The molecule has 4 atom stereocenters. The number of likely N-dealkylation sites (N-methyl/N-ethyl adjacent to an activating group) is 1. The van der Waals surface area contributed by atoms with Gasteiger partial charge >= 0.3 is 5.97 Å². The Balaban J connectivity index is 0.00000256. The zero-order chi connectivity index (χ0) is 20.6. The summed E-state index contributed by atoms with van der Waals surface area (Å²) in [5.74, 6) is -0.611. The number of esters is 1. The van der Waals surface area contributed by atoms with Crippen molar-refractivity contribution in [2.45, 2.75) is 49.2 Å². The fourth-order valence-electron chi connectivity index (χ4n) is 5.20. The van der Waals surface area contributed by atoms with E-state index in [1.54, 1.807) is 31.4 Å². The lowest BCUT2D eigenvalue weighted by atomic mass is 9.86. The van der Waals surface area contributed by atoms with Gasteiger partial charge in [-0.05, 0) is 11.1 Å². The topological polar surface area (TPSA) is 55.8 Å². The largest absolute Gasteiger partial charge is 1.00 e. The van der Waals surface area contributed by atoms with E-state index in [1.165, 1.54) is 0 Å². The third kappa shape index (κ3) is 3.82. The molecule has 2 aliphatic rings. The van der Waals surface area contributed by atoms with Gasteiger partial charge in [-0.1, -0.05) is 60.7 Å². The Kier molecular flexibility index (Phi) is 6.72. The van der Waals surface area contributed by atoms with Gasteiger partial charge in [0.2, 0.25) is 5.60 Å². The third-order valence-electron chi connectivity index (χ3n) is 7.02. The first-order valence-electron chi connectivity index (χ1n) is 10.3. The molecule has 4 unspecified atom stereocenters. The molecule has 2 aromatic rings. The van der Waals surface area contributed by atoms with Gasteiger partial charge in [0.05, 0.1) is 20.1 Å². The van der Waals surface area contributed by atoms with Crippen LogP contribution in [0.2, 0.25) is 0 Å². The van der Waals surface area contributed by atoms with Crippen LogP contribution in [0.1, 0.15) is 30.4 Å². The second-order valence-electron chi connectivity index (χ2n) is 8.80. The number of carbonyl (C=O) groups is 1. The van der Waals surface area contributed by atoms with Gasteiger partial charge in [0.1, 0.15) is 18.2 Å². The van der Waals surface area contributed by atoms with Gasteiger partial charge < -0.3 is 36.0 Å². The van der Waals surface area contributed by atoms with Gasteiger partial charge in [-0.3, -0.25) is 0 Å². The zero-order valence-corrected chi connectivity index (χ0v) is 19.3. The molecule has 2 aromatic carbocycles. The van der Waals surface area contributed by atoms with Crippen LogP contribution < -0.4 is 17.0 Å². The summed E-state index contributed by atoms with van der Waals surface area (Å²) in [6.45, 7) is 0. The summed E-state index contributed by atoms with van der Waals surface area (Å²) in [4.78, 5) is 13.4. The second-order valence-corrected chi connectivity index (χ2v) is 8.80. The van der Waals surface area contributed by atoms with E-state index in [4.69, 9.17) is 9.47 Å². The molecule has 6 heteroatoms. The number of piperidine rings is 1. The molecule has 4 rings (SSSR count). The molecular formula is C24H30BrNO4. The van der Waals surface area contributed by atoms with Gasteiger partial charge in [0, 0.05) is 26.4 Å². The monoisotopic (exact) mass is 475 g/mol. The summed E-state index contributed by atoms with van der Waals surface area (Å²) in [5, 5.41) is 11.6. The number of ether oxygens (including phenoxy) is 2. The van der Waals surface area contributed by atoms with Crippen molar-refractivity contribution in [1.29, 1.82) is 0 Å². The molecule has 0 radical (unpaired) electrons. The van der Waals surface area contributed by atoms with Crippen LogP contribution in [0.4, 0.5) is 0 Å². The van der Waals surface area contributed by atoms with E-state index >= 15 is 0 Å². The predicted octanol–water partition coefficient (Wildman–Crippen LogP) is -0.136. The second kappa shape index (κ2) is 8.79. The van der Waals surface area contributed by atoms with Crippen molar-refractivity contribution >= 4 is 5.97 Å². The fourth-order valence-corrected chi connectivity index (χ4v) is 5.20. The highest BCUT2D eigenvalue weighted by atomic mass is 79.9. The number of benzene rings is 2. The molecule has 0 spiro atoms. The Bertz CT molecular complexity index is 819. The SMILES string of the molecule is COC1CC2CC(OC(=O)C(O)(c3ccccc3)c3ccccc3)CC1[N+]2(C)C.[Br-]. The molecule has 0 saturated carbocycles. The Hall–Kier alpha value is -1.73. The molecule has 162 valence electrons. The summed E-state index contributed by atoms with van der Waals surface area (Å²) in [7, 11) is 6.23. The third-order valence-corrected chi connectivity index (χ3v) is 7.02. The summed E-state index contributed by atoms with van der Waals surface area (Å²) in [6, 6.07) is 18.7. The molecule has 2 fully saturated rings. The van der Waals surface area contributed by atoms with Gasteiger partial charge in [-0.2, -0.15) is 0 Å². The van der Waals surface area contributed by atoms with E-state index in [2.05, 4.69) is 14.1 Å². The van der Waals surface area contributed by atoms with Crippen molar-refractivity contribution in [3.05, 3.63) is 71.8 Å². The molecule has 2 saturated heterocycles. The molecule has 0 aliphatic carbocycles. The summed E-state index contributed by atoms with van der Waals surface area (Å²) >= 11 is 0. The number of quaternary nitrogens is 1. The molecule has 2 bridgehead atoms. The minimum absolute atomic E-state index is 0. The number of halogens is 1. The first-order valence-corrected chi connectivity index (χ1v) is 10.3. The van der Waals surface area contributed by atoms with Crippen molar-refractivity contribution in [3.8, 4) is 0 Å². The Morgan fingerprint density at radius 2 is 1.50 bits per heavy atom. The fraction of sp³-hybridized carbons (Fsp3) is 0.458. The predicted molar refractivity (Wildman–Crippen MR) is 110 cm³/mol. The van der Waals surface area contributed by atoms with Crippen LogP contribution in [-0.4, -0.2) is 61.1 Å². The van der Waals surface area contributed by atoms with Crippen molar-refractivity contribution in [1.82, 2.24) is 0 Å². The maximum absolute atomic E-state index is 13.4. The quantitative estimate of drug-likeness (QED) is 0.483. The molecule has 30 heavy (non-hydrogen) atoms.